The first-order chi connectivity index (χ1) is 9.11. The average Bonchev–Trinajstić information content (AvgIpc) is 3.20. The van der Waals surface area contributed by atoms with Gasteiger partial charge in [0.1, 0.15) is 6.61 Å². The molecule has 1 aromatic carbocycles. The van der Waals surface area contributed by atoms with Crippen LogP contribution in [0.3, 0.4) is 0 Å². The molecular weight excluding hydrogens is 246 g/mol. The number of carbonyl (C=O) groups excluding carboxylic acids is 1. The molecule has 5 heteroatoms. The lowest BCUT2D eigenvalue weighted by molar-refractivity contribution is 0.0696. The summed E-state index contributed by atoms with van der Waals surface area (Å²) in [6, 6.07) is 4.77. The van der Waals surface area contributed by atoms with Gasteiger partial charge in [0.25, 0.3) is 0 Å². The van der Waals surface area contributed by atoms with Gasteiger partial charge in [-0.2, -0.15) is 0 Å². The van der Waals surface area contributed by atoms with Gasteiger partial charge < -0.3 is 9.84 Å². The normalized spacial score (nSPS) is 13.7. The first-order valence-electron chi connectivity index (χ1n) is 6.03. The number of rotatable bonds is 5. The third kappa shape index (κ3) is 3.34. The zero-order chi connectivity index (χ0) is 13.8. The summed E-state index contributed by atoms with van der Waals surface area (Å²) in [5, 5.41) is 11.6. The van der Waals surface area contributed by atoms with E-state index < -0.39 is 12.1 Å². The third-order valence-corrected chi connectivity index (χ3v) is 2.89. The van der Waals surface area contributed by atoms with Gasteiger partial charge in [0.2, 0.25) is 0 Å². The fourth-order valence-corrected chi connectivity index (χ4v) is 1.83. The molecule has 1 saturated carbocycles. The molecule has 0 saturated heterocycles. The Hall–Kier alpha value is -2.30. The lowest BCUT2D eigenvalue weighted by Crippen LogP contribution is -2.15. The van der Waals surface area contributed by atoms with Crippen LogP contribution in [0.25, 0.3) is 0 Å². The largest absolute Gasteiger partial charge is 0.478 e. The highest BCUT2D eigenvalue weighted by Gasteiger charge is 2.27. The molecule has 0 heterocycles. The number of nitrogens with one attached hydrogen (secondary N) is 1. The predicted molar refractivity (Wildman–Crippen MR) is 70.5 cm³/mol. The Balaban J connectivity index is 2.19. The monoisotopic (exact) mass is 261 g/mol. The highest BCUT2D eigenvalue weighted by molar-refractivity contribution is 5.92. The van der Waals surface area contributed by atoms with E-state index in [0.717, 1.165) is 18.4 Å². The van der Waals surface area contributed by atoms with Crippen LogP contribution in [-0.4, -0.2) is 23.8 Å². The smallest absolute Gasteiger partial charge is 0.411 e. The number of carboxylic acid groups (broad SMARTS) is 1. The molecule has 0 atom stereocenters. The molecule has 1 aromatic rings. The molecule has 1 fully saturated rings. The summed E-state index contributed by atoms with van der Waals surface area (Å²) in [6.07, 6.45) is 2.98. The summed E-state index contributed by atoms with van der Waals surface area (Å²) in [6.45, 7) is 3.56. The van der Waals surface area contributed by atoms with E-state index in [1.165, 1.54) is 12.1 Å². The second-order valence-corrected chi connectivity index (χ2v) is 4.39. The molecule has 0 unspecified atom stereocenters. The van der Waals surface area contributed by atoms with Crippen molar-refractivity contribution in [1.29, 1.82) is 0 Å². The van der Waals surface area contributed by atoms with Gasteiger partial charge in [-0.25, -0.2) is 9.59 Å². The third-order valence-electron chi connectivity index (χ3n) is 2.89. The Labute approximate surface area is 110 Å². The van der Waals surface area contributed by atoms with Crippen LogP contribution in [0.4, 0.5) is 10.5 Å². The van der Waals surface area contributed by atoms with Crippen molar-refractivity contribution in [3.8, 4) is 0 Å². The number of ether oxygens (including phenoxy) is 1. The minimum absolute atomic E-state index is 0.114. The molecular formula is C14H15NO4. The molecule has 0 radical (unpaired) electrons. The van der Waals surface area contributed by atoms with E-state index in [0.29, 0.717) is 11.6 Å². The van der Waals surface area contributed by atoms with Gasteiger partial charge in [-0.15, -0.1) is 0 Å². The van der Waals surface area contributed by atoms with Crippen molar-refractivity contribution in [2.24, 2.45) is 0 Å². The Kier molecular flexibility index (Phi) is 3.85. The maximum atomic E-state index is 11.5. The topological polar surface area (TPSA) is 75.6 Å². The minimum Gasteiger partial charge on any atom is -0.478 e. The van der Waals surface area contributed by atoms with Crippen LogP contribution in [0, 0.1) is 0 Å². The quantitative estimate of drug-likeness (QED) is 0.799. The van der Waals surface area contributed by atoms with Crippen LogP contribution in [-0.2, 0) is 4.74 Å². The summed E-state index contributed by atoms with van der Waals surface area (Å²) >= 11 is 0. The molecule has 19 heavy (non-hydrogen) atoms. The Bertz CT molecular complexity index is 520. The van der Waals surface area contributed by atoms with Crippen LogP contribution in [0.2, 0.25) is 0 Å². The summed E-state index contributed by atoms with van der Waals surface area (Å²) in [5.74, 6) is -0.623. The van der Waals surface area contributed by atoms with Crippen molar-refractivity contribution in [3.05, 3.63) is 42.0 Å². The lowest BCUT2D eigenvalue weighted by atomic mass is 10.1. The molecule has 2 rings (SSSR count). The molecule has 1 aliphatic carbocycles. The summed E-state index contributed by atoms with van der Waals surface area (Å²) in [4.78, 5) is 22.5. The first-order valence-corrected chi connectivity index (χ1v) is 6.03. The van der Waals surface area contributed by atoms with Crippen molar-refractivity contribution < 1.29 is 19.4 Å². The van der Waals surface area contributed by atoms with Crippen LogP contribution in [0.15, 0.2) is 30.9 Å². The van der Waals surface area contributed by atoms with Gasteiger partial charge in [-0.05, 0) is 36.5 Å². The highest BCUT2D eigenvalue weighted by Crippen LogP contribution is 2.43. The van der Waals surface area contributed by atoms with E-state index in [4.69, 9.17) is 9.84 Å². The van der Waals surface area contributed by atoms with Crippen LogP contribution < -0.4 is 5.32 Å². The summed E-state index contributed by atoms with van der Waals surface area (Å²) in [5.41, 5.74) is 1.61. The van der Waals surface area contributed by atoms with Gasteiger partial charge in [-0.3, -0.25) is 5.32 Å². The first kappa shape index (κ1) is 13.1. The molecule has 100 valence electrons. The Morgan fingerprint density at radius 2 is 2.21 bits per heavy atom. The second kappa shape index (κ2) is 5.56. The van der Waals surface area contributed by atoms with E-state index in [1.807, 2.05) is 0 Å². The van der Waals surface area contributed by atoms with Gasteiger partial charge in [0.15, 0.2) is 0 Å². The SMILES string of the molecule is C=CCOC(=O)Nc1cc(C(=O)O)ccc1C1CC1. The number of amides is 1. The molecule has 0 aromatic heterocycles. The predicted octanol–water partition coefficient (Wildman–Crippen LogP) is 3.00. The van der Waals surface area contributed by atoms with E-state index in [9.17, 15) is 9.59 Å². The fourth-order valence-electron chi connectivity index (χ4n) is 1.83. The number of anilines is 1. The zero-order valence-corrected chi connectivity index (χ0v) is 10.4. The maximum absolute atomic E-state index is 11.5. The molecule has 5 nitrogen and oxygen atoms in total. The number of aromatic carboxylic acids is 1. The van der Waals surface area contributed by atoms with Crippen molar-refractivity contribution >= 4 is 17.7 Å². The molecule has 1 aliphatic rings. The van der Waals surface area contributed by atoms with E-state index in [2.05, 4.69) is 11.9 Å². The maximum Gasteiger partial charge on any atom is 0.411 e. The number of carbonyl (C=O) groups is 2. The molecule has 0 spiro atoms. The van der Waals surface area contributed by atoms with Crippen molar-refractivity contribution in [2.75, 3.05) is 11.9 Å². The Morgan fingerprint density at radius 1 is 1.47 bits per heavy atom. The van der Waals surface area contributed by atoms with E-state index >= 15 is 0 Å². The molecule has 0 bridgehead atoms. The van der Waals surface area contributed by atoms with Crippen LogP contribution in [0.1, 0.15) is 34.7 Å². The zero-order valence-electron chi connectivity index (χ0n) is 10.4. The number of hydrogen-bond acceptors (Lipinski definition) is 3. The van der Waals surface area contributed by atoms with Crippen molar-refractivity contribution in [1.82, 2.24) is 0 Å². The number of hydrogen-bond donors (Lipinski definition) is 2. The number of benzene rings is 1. The van der Waals surface area contributed by atoms with Gasteiger partial charge in [-0.1, -0.05) is 18.7 Å². The van der Waals surface area contributed by atoms with Crippen molar-refractivity contribution in [3.63, 3.8) is 0 Å². The van der Waals surface area contributed by atoms with E-state index in [1.54, 1.807) is 12.1 Å². The van der Waals surface area contributed by atoms with Gasteiger partial charge in [0, 0.05) is 5.69 Å². The second-order valence-electron chi connectivity index (χ2n) is 4.39. The van der Waals surface area contributed by atoms with E-state index in [-0.39, 0.29) is 12.2 Å². The summed E-state index contributed by atoms with van der Waals surface area (Å²) in [7, 11) is 0. The van der Waals surface area contributed by atoms with Gasteiger partial charge >= 0.3 is 12.1 Å². The highest BCUT2D eigenvalue weighted by atomic mass is 16.5. The molecule has 1 amide bonds. The lowest BCUT2D eigenvalue weighted by Gasteiger charge is -2.11. The Morgan fingerprint density at radius 3 is 2.79 bits per heavy atom. The van der Waals surface area contributed by atoms with Crippen LogP contribution in [0.5, 0.6) is 0 Å². The average molecular weight is 261 g/mol. The van der Waals surface area contributed by atoms with Gasteiger partial charge in [0.05, 0.1) is 5.56 Å². The molecule has 0 aliphatic heterocycles. The standard InChI is InChI=1S/C14H15NO4/c1-2-7-19-14(18)15-12-8-10(13(16)17)5-6-11(12)9-3-4-9/h2,5-6,8-9H,1,3-4,7H2,(H,15,18)(H,16,17). The van der Waals surface area contributed by atoms with Crippen LogP contribution >= 0.6 is 0 Å². The fraction of sp³-hybridized carbons (Fsp3) is 0.286. The minimum atomic E-state index is -1.02. The van der Waals surface area contributed by atoms with Crippen molar-refractivity contribution in [2.45, 2.75) is 18.8 Å². The summed E-state index contributed by atoms with van der Waals surface area (Å²) < 4.78 is 4.84. The number of carboxylic acids is 1. The molecule has 2 N–H and O–H groups in total.